The Labute approximate surface area is 213 Å². The lowest BCUT2D eigenvalue weighted by Gasteiger charge is -2.66. The van der Waals surface area contributed by atoms with Gasteiger partial charge in [0.1, 0.15) is 5.60 Å². The molecule has 35 heavy (non-hydrogen) atoms. The molecule has 0 radical (unpaired) electrons. The van der Waals surface area contributed by atoms with Crippen LogP contribution in [0.15, 0.2) is 0 Å². The van der Waals surface area contributed by atoms with E-state index in [1.165, 1.54) is 13.3 Å². The summed E-state index contributed by atoms with van der Waals surface area (Å²) in [6.45, 7) is 14.8. The number of esters is 1. The molecule has 0 heterocycles. The number of hydrogen-bond acceptors (Lipinski definition) is 5. The topological polar surface area (TPSA) is 87.0 Å². The molecule has 0 amide bonds. The SMILES string of the molecule is CC(=O)OC(C)(C)C(C)CC[C@@H](C)[C@H]1CC[C@H]2[C@@H]3C[C@@H](O)[C@H]4C[C@H](O)CC[C@]4(C)[C@@]3(O)CC[C@]12C. The smallest absolute Gasteiger partial charge is 0.303 e. The van der Waals surface area contributed by atoms with E-state index in [1.807, 2.05) is 13.8 Å². The highest BCUT2D eigenvalue weighted by Gasteiger charge is 2.68. The van der Waals surface area contributed by atoms with Crippen molar-refractivity contribution in [1.29, 1.82) is 0 Å². The van der Waals surface area contributed by atoms with Gasteiger partial charge in [-0.2, -0.15) is 0 Å². The first kappa shape index (κ1) is 27.4. The Morgan fingerprint density at radius 3 is 2.31 bits per heavy atom. The molecule has 0 bridgehead atoms. The summed E-state index contributed by atoms with van der Waals surface area (Å²) in [5.74, 6) is 1.87. The Bertz CT molecular complexity index is 796. The van der Waals surface area contributed by atoms with Gasteiger partial charge in [0.25, 0.3) is 0 Å². The van der Waals surface area contributed by atoms with Crippen molar-refractivity contribution in [3.05, 3.63) is 0 Å². The van der Waals surface area contributed by atoms with E-state index in [4.69, 9.17) is 4.74 Å². The fourth-order valence-corrected chi connectivity index (χ4v) is 9.71. The molecule has 4 fully saturated rings. The summed E-state index contributed by atoms with van der Waals surface area (Å²) in [6.07, 6.45) is 8.43. The Morgan fingerprint density at radius 2 is 1.66 bits per heavy atom. The maximum Gasteiger partial charge on any atom is 0.303 e. The number of hydrogen-bond donors (Lipinski definition) is 3. The zero-order chi connectivity index (χ0) is 26.0. The van der Waals surface area contributed by atoms with Crippen molar-refractivity contribution in [2.24, 2.45) is 46.3 Å². The summed E-state index contributed by atoms with van der Waals surface area (Å²) >= 11 is 0. The Balaban J connectivity index is 1.48. The van der Waals surface area contributed by atoms with Crippen LogP contribution in [0.3, 0.4) is 0 Å². The largest absolute Gasteiger partial charge is 0.460 e. The second kappa shape index (κ2) is 9.27. The van der Waals surface area contributed by atoms with Crippen molar-refractivity contribution in [2.75, 3.05) is 0 Å². The van der Waals surface area contributed by atoms with Crippen molar-refractivity contribution in [3.8, 4) is 0 Å². The van der Waals surface area contributed by atoms with Gasteiger partial charge in [0.2, 0.25) is 0 Å². The summed E-state index contributed by atoms with van der Waals surface area (Å²) in [6, 6.07) is 0. The maximum atomic E-state index is 12.3. The molecule has 3 N–H and O–H groups in total. The minimum Gasteiger partial charge on any atom is -0.460 e. The highest BCUT2D eigenvalue weighted by Crippen LogP contribution is 2.69. The van der Waals surface area contributed by atoms with Crippen LogP contribution in [0.1, 0.15) is 113 Å². The lowest BCUT2D eigenvalue weighted by molar-refractivity contribution is -0.265. The van der Waals surface area contributed by atoms with Crippen LogP contribution in [0.4, 0.5) is 0 Å². The number of carbonyl (C=O) groups is 1. The monoisotopic (exact) mass is 492 g/mol. The van der Waals surface area contributed by atoms with Gasteiger partial charge in [-0.15, -0.1) is 0 Å². The van der Waals surface area contributed by atoms with E-state index in [0.717, 1.165) is 44.9 Å². The number of rotatable bonds is 6. The zero-order valence-corrected chi connectivity index (χ0v) is 23.3. The highest BCUT2D eigenvalue weighted by molar-refractivity contribution is 5.66. The summed E-state index contributed by atoms with van der Waals surface area (Å²) in [5.41, 5.74) is -1.30. The first-order chi connectivity index (χ1) is 16.2. The molecule has 4 aliphatic carbocycles. The third-order valence-electron chi connectivity index (χ3n) is 12.3. The van der Waals surface area contributed by atoms with Crippen LogP contribution in [0.2, 0.25) is 0 Å². The fourth-order valence-electron chi connectivity index (χ4n) is 9.71. The molecule has 5 heteroatoms. The van der Waals surface area contributed by atoms with Gasteiger partial charge in [-0.3, -0.25) is 4.79 Å². The number of aliphatic hydroxyl groups excluding tert-OH is 2. The van der Waals surface area contributed by atoms with Crippen molar-refractivity contribution in [1.82, 2.24) is 0 Å². The van der Waals surface area contributed by atoms with Crippen molar-refractivity contribution < 1.29 is 24.9 Å². The van der Waals surface area contributed by atoms with Gasteiger partial charge < -0.3 is 20.1 Å². The summed E-state index contributed by atoms with van der Waals surface area (Å²) < 4.78 is 5.60. The molecule has 11 atom stereocenters. The first-order valence-corrected chi connectivity index (χ1v) is 14.4. The third kappa shape index (κ3) is 4.40. The highest BCUT2D eigenvalue weighted by atomic mass is 16.6. The van der Waals surface area contributed by atoms with Gasteiger partial charge in [0, 0.05) is 12.3 Å². The van der Waals surface area contributed by atoms with E-state index in [1.54, 1.807) is 0 Å². The third-order valence-corrected chi connectivity index (χ3v) is 12.3. The van der Waals surface area contributed by atoms with Crippen LogP contribution in [-0.4, -0.2) is 44.7 Å². The standard InChI is InChI=1S/C30H52O5/c1-18(8-9-19(2)27(4,5)35-20(3)31)22-10-11-23-24-17-26(33)25-16-21(32)12-13-29(25,7)30(24,34)15-14-28(22,23)6/h18-19,21-26,32-34H,8-17H2,1-7H3/t18-,19?,21-,22-,23+,24+,25-,26-,28-,29+,30-/m1/s1. The van der Waals surface area contributed by atoms with E-state index in [-0.39, 0.29) is 34.7 Å². The molecule has 0 aromatic rings. The van der Waals surface area contributed by atoms with E-state index in [0.29, 0.717) is 36.5 Å². The second-order valence-corrected chi connectivity index (χ2v) is 14.2. The molecular formula is C30H52O5. The molecular weight excluding hydrogens is 440 g/mol. The average molecular weight is 493 g/mol. The Kier molecular flexibility index (Phi) is 7.26. The molecule has 202 valence electrons. The molecule has 5 nitrogen and oxygen atoms in total. The van der Waals surface area contributed by atoms with Gasteiger partial charge in [-0.05, 0) is 113 Å². The first-order valence-electron chi connectivity index (χ1n) is 14.4. The summed E-state index contributed by atoms with van der Waals surface area (Å²) in [5, 5.41) is 33.9. The summed E-state index contributed by atoms with van der Waals surface area (Å²) in [7, 11) is 0. The molecule has 0 aliphatic heterocycles. The minimum absolute atomic E-state index is 0.00459. The molecule has 0 saturated heterocycles. The van der Waals surface area contributed by atoms with Crippen LogP contribution in [-0.2, 0) is 9.53 Å². The van der Waals surface area contributed by atoms with Gasteiger partial charge in [-0.25, -0.2) is 0 Å². The van der Waals surface area contributed by atoms with Crippen LogP contribution >= 0.6 is 0 Å². The van der Waals surface area contributed by atoms with Crippen molar-refractivity contribution in [3.63, 3.8) is 0 Å². The molecule has 1 unspecified atom stereocenters. The Morgan fingerprint density at radius 1 is 0.971 bits per heavy atom. The lowest BCUT2D eigenvalue weighted by atomic mass is 9.41. The van der Waals surface area contributed by atoms with E-state index in [9.17, 15) is 20.1 Å². The maximum absolute atomic E-state index is 12.3. The summed E-state index contributed by atoms with van der Waals surface area (Å²) in [4.78, 5) is 11.5. The predicted molar refractivity (Wildman–Crippen MR) is 137 cm³/mol. The average Bonchev–Trinajstić information content (AvgIpc) is 3.11. The molecule has 4 aliphatic rings. The normalized spacial score (nSPS) is 47.3. The molecule has 4 rings (SSSR count). The molecule has 0 spiro atoms. The van der Waals surface area contributed by atoms with Gasteiger partial charge in [0.05, 0.1) is 17.8 Å². The lowest BCUT2D eigenvalue weighted by Crippen LogP contribution is -2.68. The predicted octanol–water partition coefficient (Wildman–Crippen LogP) is 5.49. The van der Waals surface area contributed by atoms with Gasteiger partial charge in [-0.1, -0.05) is 34.1 Å². The Hall–Kier alpha value is -0.650. The number of aliphatic hydroxyl groups is 3. The fraction of sp³-hybridized carbons (Fsp3) is 0.967. The number of fused-ring (bicyclic) bond motifs is 5. The van der Waals surface area contributed by atoms with E-state index < -0.39 is 17.3 Å². The number of carbonyl (C=O) groups excluding carboxylic acids is 1. The van der Waals surface area contributed by atoms with Crippen LogP contribution in [0, 0.1) is 46.3 Å². The zero-order valence-electron chi connectivity index (χ0n) is 23.3. The van der Waals surface area contributed by atoms with Crippen LogP contribution in [0.25, 0.3) is 0 Å². The van der Waals surface area contributed by atoms with Crippen molar-refractivity contribution in [2.45, 2.75) is 136 Å². The number of ether oxygens (including phenoxy) is 1. The molecule has 4 saturated carbocycles. The van der Waals surface area contributed by atoms with Gasteiger partial charge in [0.15, 0.2) is 0 Å². The molecule has 0 aromatic heterocycles. The second-order valence-electron chi connectivity index (χ2n) is 14.2. The van der Waals surface area contributed by atoms with Crippen LogP contribution in [0.5, 0.6) is 0 Å². The van der Waals surface area contributed by atoms with Crippen molar-refractivity contribution >= 4 is 5.97 Å². The molecule has 0 aromatic carbocycles. The van der Waals surface area contributed by atoms with Crippen LogP contribution < -0.4 is 0 Å². The van der Waals surface area contributed by atoms with Gasteiger partial charge >= 0.3 is 5.97 Å². The quantitative estimate of drug-likeness (QED) is 0.427. The minimum atomic E-state index is -0.734. The van der Waals surface area contributed by atoms with E-state index in [2.05, 4.69) is 27.7 Å². The van der Waals surface area contributed by atoms with E-state index >= 15 is 0 Å².